The molecular formula is C10H14ClNO. The zero-order valence-electron chi connectivity index (χ0n) is 7.93. The number of methoxy groups -OCH3 is 1. The molecule has 0 heterocycles. The lowest BCUT2D eigenvalue weighted by Crippen LogP contribution is -2.10. The van der Waals surface area contributed by atoms with E-state index in [0.29, 0.717) is 0 Å². The van der Waals surface area contributed by atoms with Crippen molar-refractivity contribution < 1.29 is 4.74 Å². The van der Waals surface area contributed by atoms with Crippen LogP contribution in [0.25, 0.3) is 0 Å². The van der Waals surface area contributed by atoms with Crippen LogP contribution in [0.5, 0.6) is 5.75 Å². The molecule has 0 saturated carbocycles. The number of likely N-dealkylation sites (N-methyl/N-ethyl adjacent to an activating group) is 1. The Balaban J connectivity index is 2.73. The average molecular weight is 200 g/mol. The Morgan fingerprint density at radius 1 is 1.46 bits per heavy atom. The Morgan fingerprint density at radius 2 is 2.23 bits per heavy atom. The molecule has 2 nitrogen and oxygen atoms in total. The SMILES string of the molecule is CNCCc1ccc(OC)cc1Cl. The highest BCUT2D eigenvalue weighted by Crippen LogP contribution is 2.22. The molecule has 0 unspecified atom stereocenters. The van der Waals surface area contributed by atoms with Crippen molar-refractivity contribution in [3.63, 3.8) is 0 Å². The monoisotopic (exact) mass is 199 g/mol. The van der Waals surface area contributed by atoms with Gasteiger partial charge >= 0.3 is 0 Å². The van der Waals surface area contributed by atoms with Gasteiger partial charge in [0.05, 0.1) is 7.11 Å². The Morgan fingerprint density at radius 3 is 2.77 bits per heavy atom. The first-order chi connectivity index (χ1) is 6.27. The van der Waals surface area contributed by atoms with Gasteiger partial charge in [-0.3, -0.25) is 0 Å². The molecule has 0 aliphatic carbocycles. The Labute approximate surface area is 83.9 Å². The van der Waals surface area contributed by atoms with Gasteiger partial charge < -0.3 is 10.1 Å². The van der Waals surface area contributed by atoms with Crippen LogP contribution in [0.3, 0.4) is 0 Å². The second kappa shape index (κ2) is 5.10. The number of halogens is 1. The first-order valence-corrected chi connectivity index (χ1v) is 4.62. The minimum Gasteiger partial charge on any atom is -0.497 e. The van der Waals surface area contributed by atoms with Crippen LogP contribution in [0, 0.1) is 0 Å². The summed E-state index contributed by atoms with van der Waals surface area (Å²) in [5.74, 6) is 0.804. The number of ether oxygens (including phenoxy) is 1. The van der Waals surface area contributed by atoms with Crippen molar-refractivity contribution in [2.24, 2.45) is 0 Å². The molecule has 1 rings (SSSR count). The standard InChI is InChI=1S/C10H14ClNO/c1-12-6-5-8-3-4-9(13-2)7-10(8)11/h3-4,7,12H,5-6H2,1-2H3. The lowest BCUT2D eigenvalue weighted by Gasteiger charge is -2.05. The average Bonchev–Trinajstić information content (AvgIpc) is 2.16. The molecule has 72 valence electrons. The molecule has 1 N–H and O–H groups in total. The molecule has 1 aromatic carbocycles. The fraction of sp³-hybridized carbons (Fsp3) is 0.400. The van der Waals surface area contributed by atoms with Crippen LogP contribution >= 0.6 is 11.6 Å². The summed E-state index contributed by atoms with van der Waals surface area (Å²) in [6.45, 7) is 0.937. The third kappa shape index (κ3) is 2.90. The van der Waals surface area contributed by atoms with E-state index in [2.05, 4.69) is 5.32 Å². The largest absolute Gasteiger partial charge is 0.497 e. The van der Waals surface area contributed by atoms with Gasteiger partial charge in [-0.1, -0.05) is 17.7 Å². The van der Waals surface area contributed by atoms with Crippen molar-refractivity contribution in [2.45, 2.75) is 6.42 Å². The summed E-state index contributed by atoms with van der Waals surface area (Å²) in [4.78, 5) is 0. The van der Waals surface area contributed by atoms with Crippen molar-refractivity contribution in [3.8, 4) is 5.75 Å². The maximum Gasteiger partial charge on any atom is 0.120 e. The van der Waals surface area contributed by atoms with Crippen molar-refractivity contribution in [1.29, 1.82) is 0 Å². The summed E-state index contributed by atoms with van der Waals surface area (Å²) in [7, 11) is 3.57. The summed E-state index contributed by atoms with van der Waals surface area (Å²) in [5, 5.41) is 3.85. The van der Waals surface area contributed by atoms with Gasteiger partial charge in [-0.2, -0.15) is 0 Å². The highest BCUT2D eigenvalue weighted by Gasteiger charge is 2.00. The summed E-state index contributed by atoms with van der Waals surface area (Å²) < 4.78 is 5.05. The minimum absolute atomic E-state index is 0.773. The molecule has 0 aromatic heterocycles. The summed E-state index contributed by atoms with van der Waals surface area (Å²) in [6.07, 6.45) is 0.944. The lowest BCUT2D eigenvalue weighted by atomic mass is 10.1. The topological polar surface area (TPSA) is 21.3 Å². The predicted molar refractivity (Wildman–Crippen MR) is 55.6 cm³/mol. The van der Waals surface area contributed by atoms with Crippen LogP contribution < -0.4 is 10.1 Å². The third-order valence-corrected chi connectivity index (χ3v) is 2.26. The van der Waals surface area contributed by atoms with Crippen LogP contribution in [-0.2, 0) is 6.42 Å². The molecule has 13 heavy (non-hydrogen) atoms. The Bertz CT molecular complexity index is 276. The summed E-state index contributed by atoms with van der Waals surface area (Å²) >= 11 is 6.04. The van der Waals surface area contributed by atoms with E-state index in [9.17, 15) is 0 Å². The van der Waals surface area contributed by atoms with Crippen molar-refractivity contribution in [1.82, 2.24) is 5.32 Å². The molecule has 0 aliphatic rings. The zero-order valence-corrected chi connectivity index (χ0v) is 8.69. The van der Waals surface area contributed by atoms with Gasteiger partial charge in [-0.15, -0.1) is 0 Å². The number of hydrogen-bond acceptors (Lipinski definition) is 2. The van der Waals surface area contributed by atoms with Crippen molar-refractivity contribution >= 4 is 11.6 Å². The molecule has 0 spiro atoms. The second-order valence-corrected chi connectivity index (χ2v) is 3.22. The van der Waals surface area contributed by atoms with Crippen molar-refractivity contribution in [3.05, 3.63) is 28.8 Å². The second-order valence-electron chi connectivity index (χ2n) is 2.81. The predicted octanol–water partition coefficient (Wildman–Crippen LogP) is 2.11. The van der Waals surface area contributed by atoms with Gasteiger partial charge in [0.1, 0.15) is 5.75 Å². The fourth-order valence-electron chi connectivity index (χ4n) is 1.12. The van der Waals surface area contributed by atoms with Gasteiger partial charge in [0.15, 0.2) is 0 Å². The first kappa shape index (κ1) is 10.4. The molecule has 0 aliphatic heterocycles. The molecule has 0 atom stereocenters. The van der Waals surface area contributed by atoms with E-state index in [4.69, 9.17) is 16.3 Å². The number of nitrogens with one attached hydrogen (secondary N) is 1. The van der Waals surface area contributed by atoms with E-state index in [0.717, 1.165) is 29.3 Å². The molecule has 0 saturated heterocycles. The molecule has 3 heteroatoms. The Kier molecular flexibility index (Phi) is 4.06. The smallest absolute Gasteiger partial charge is 0.120 e. The van der Waals surface area contributed by atoms with Gasteiger partial charge in [-0.25, -0.2) is 0 Å². The molecule has 0 fully saturated rings. The normalized spacial score (nSPS) is 10.1. The van der Waals surface area contributed by atoms with Gasteiger partial charge in [0.2, 0.25) is 0 Å². The van der Waals surface area contributed by atoms with Gasteiger partial charge in [-0.05, 0) is 37.7 Å². The molecule has 0 radical (unpaired) electrons. The van der Waals surface area contributed by atoms with E-state index < -0.39 is 0 Å². The van der Waals surface area contributed by atoms with Gasteiger partial charge in [0, 0.05) is 5.02 Å². The Hall–Kier alpha value is -0.730. The maximum absolute atomic E-state index is 6.04. The molecule has 0 amide bonds. The van der Waals surface area contributed by atoms with E-state index >= 15 is 0 Å². The lowest BCUT2D eigenvalue weighted by molar-refractivity contribution is 0.414. The first-order valence-electron chi connectivity index (χ1n) is 4.25. The van der Waals surface area contributed by atoms with Crippen LogP contribution in [-0.4, -0.2) is 20.7 Å². The van der Waals surface area contributed by atoms with E-state index in [1.807, 2.05) is 25.2 Å². The highest BCUT2D eigenvalue weighted by molar-refractivity contribution is 6.31. The zero-order chi connectivity index (χ0) is 9.68. The molecule has 1 aromatic rings. The number of benzene rings is 1. The quantitative estimate of drug-likeness (QED) is 0.802. The highest BCUT2D eigenvalue weighted by atomic mass is 35.5. The maximum atomic E-state index is 6.04. The third-order valence-electron chi connectivity index (χ3n) is 1.90. The van der Waals surface area contributed by atoms with E-state index in [1.54, 1.807) is 7.11 Å². The molecular weight excluding hydrogens is 186 g/mol. The molecule has 0 bridgehead atoms. The summed E-state index contributed by atoms with van der Waals surface area (Å²) in [5.41, 5.74) is 1.15. The van der Waals surface area contributed by atoms with Crippen molar-refractivity contribution in [2.75, 3.05) is 20.7 Å². The van der Waals surface area contributed by atoms with Crippen LogP contribution in [0.1, 0.15) is 5.56 Å². The summed E-state index contributed by atoms with van der Waals surface area (Å²) in [6, 6.07) is 5.77. The van der Waals surface area contributed by atoms with Crippen LogP contribution in [0.4, 0.5) is 0 Å². The van der Waals surface area contributed by atoms with Crippen LogP contribution in [0.2, 0.25) is 5.02 Å². The van der Waals surface area contributed by atoms with E-state index in [-0.39, 0.29) is 0 Å². The van der Waals surface area contributed by atoms with E-state index in [1.165, 1.54) is 0 Å². The number of rotatable bonds is 4. The fourth-order valence-corrected chi connectivity index (χ4v) is 1.38. The minimum atomic E-state index is 0.773. The van der Waals surface area contributed by atoms with Crippen LogP contribution in [0.15, 0.2) is 18.2 Å². The number of hydrogen-bond donors (Lipinski definition) is 1. The van der Waals surface area contributed by atoms with Gasteiger partial charge in [0.25, 0.3) is 0 Å².